The highest BCUT2D eigenvalue weighted by atomic mass is 35.5. The van der Waals surface area contributed by atoms with Crippen molar-refractivity contribution < 1.29 is 27.2 Å². The summed E-state index contributed by atoms with van der Waals surface area (Å²) in [6, 6.07) is 12.4. The van der Waals surface area contributed by atoms with Gasteiger partial charge in [-0.15, -0.1) is 0 Å². The van der Waals surface area contributed by atoms with Gasteiger partial charge in [0.05, 0.1) is 23.3 Å². The molecule has 2 aromatic carbocycles. The van der Waals surface area contributed by atoms with E-state index in [4.69, 9.17) is 16.0 Å². The van der Waals surface area contributed by atoms with Gasteiger partial charge in [-0.2, -0.15) is 13.2 Å². The van der Waals surface area contributed by atoms with Gasteiger partial charge < -0.3 is 14.6 Å². The van der Waals surface area contributed by atoms with E-state index in [9.17, 15) is 22.8 Å². The number of aromatic nitrogens is 1. The number of amides is 2. The van der Waals surface area contributed by atoms with E-state index >= 15 is 0 Å². The Morgan fingerprint density at radius 3 is 2.56 bits per heavy atom. The topological polar surface area (TPSA) is 75.4 Å². The molecule has 1 heterocycles. The summed E-state index contributed by atoms with van der Waals surface area (Å²) < 4.78 is 44.5. The molecule has 2 amide bonds. The maximum atomic E-state index is 12.9. The number of likely N-dealkylation sites (N-methyl/N-ethyl adjacent to an activating group) is 1. The number of halogens is 4. The van der Waals surface area contributed by atoms with Gasteiger partial charge >= 0.3 is 6.18 Å². The standard InChI is InChI=1S/C22H19ClF3N3O3/c1-29(13-19(30)28-15-7-8-17(23)16(11-15)22(24,25)26)21(31)10-9-20-27-12-18(32-20)14-5-3-2-4-6-14/h2-8,11-12H,9-10,13H2,1H3,(H,28,30). The highest BCUT2D eigenvalue weighted by Crippen LogP contribution is 2.36. The number of hydrogen-bond donors (Lipinski definition) is 1. The molecule has 0 saturated carbocycles. The van der Waals surface area contributed by atoms with Gasteiger partial charge in [0.15, 0.2) is 11.7 Å². The quantitative estimate of drug-likeness (QED) is 0.530. The third-order valence-corrected chi connectivity index (χ3v) is 4.86. The first-order valence-electron chi connectivity index (χ1n) is 9.54. The Bertz CT molecular complexity index is 1100. The molecule has 0 fully saturated rings. The molecule has 0 bridgehead atoms. The Balaban J connectivity index is 1.51. The maximum absolute atomic E-state index is 12.9. The monoisotopic (exact) mass is 465 g/mol. The van der Waals surface area contributed by atoms with Gasteiger partial charge in [0.25, 0.3) is 0 Å². The molecule has 0 aliphatic heterocycles. The largest absolute Gasteiger partial charge is 0.441 e. The van der Waals surface area contributed by atoms with Gasteiger partial charge in [0.2, 0.25) is 11.8 Å². The molecule has 168 valence electrons. The number of oxazole rings is 1. The molecule has 0 unspecified atom stereocenters. The molecule has 0 saturated heterocycles. The number of hydrogen-bond acceptors (Lipinski definition) is 4. The molecule has 0 aliphatic carbocycles. The van der Waals surface area contributed by atoms with Crippen LogP contribution in [0.5, 0.6) is 0 Å². The van der Waals surface area contributed by atoms with E-state index in [1.165, 1.54) is 18.0 Å². The van der Waals surface area contributed by atoms with E-state index in [0.717, 1.165) is 17.7 Å². The van der Waals surface area contributed by atoms with Crippen LogP contribution in [0.15, 0.2) is 59.1 Å². The summed E-state index contributed by atoms with van der Waals surface area (Å²) in [7, 11) is 1.43. The van der Waals surface area contributed by atoms with E-state index in [0.29, 0.717) is 11.7 Å². The van der Waals surface area contributed by atoms with Crippen LogP contribution in [-0.2, 0) is 22.2 Å². The number of carbonyl (C=O) groups excluding carboxylic acids is 2. The molecule has 1 aromatic heterocycles. The SMILES string of the molecule is CN(CC(=O)Nc1ccc(Cl)c(C(F)(F)F)c1)C(=O)CCc1ncc(-c2ccccc2)o1. The van der Waals surface area contributed by atoms with Gasteiger partial charge in [-0.25, -0.2) is 4.98 Å². The number of benzene rings is 2. The first kappa shape index (κ1) is 23.3. The average molecular weight is 466 g/mol. The van der Waals surface area contributed by atoms with Crippen LogP contribution in [0, 0.1) is 0 Å². The minimum Gasteiger partial charge on any atom is -0.441 e. The summed E-state index contributed by atoms with van der Waals surface area (Å²) in [5.74, 6) is -0.0108. The summed E-state index contributed by atoms with van der Waals surface area (Å²) in [6.45, 7) is -0.330. The third-order valence-electron chi connectivity index (χ3n) is 4.53. The minimum absolute atomic E-state index is 0.0533. The predicted octanol–water partition coefficient (Wildman–Crippen LogP) is 5.04. The summed E-state index contributed by atoms with van der Waals surface area (Å²) in [5, 5.41) is 1.87. The van der Waals surface area contributed by atoms with E-state index in [2.05, 4.69) is 10.3 Å². The first-order chi connectivity index (χ1) is 15.1. The van der Waals surface area contributed by atoms with Crippen molar-refractivity contribution in [3.8, 4) is 11.3 Å². The molecule has 10 heteroatoms. The molecule has 6 nitrogen and oxygen atoms in total. The van der Waals surface area contributed by atoms with Crippen molar-refractivity contribution in [3.05, 3.63) is 71.2 Å². The Labute approximate surface area is 187 Å². The van der Waals surface area contributed by atoms with Gasteiger partial charge in [-0.05, 0) is 18.2 Å². The Kier molecular flexibility index (Phi) is 7.19. The van der Waals surface area contributed by atoms with E-state index < -0.39 is 22.7 Å². The number of rotatable bonds is 7. The lowest BCUT2D eigenvalue weighted by Gasteiger charge is -2.17. The number of nitrogens with one attached hydrogen (secondary N) is 1. The summed E-state index contributed by atoms with van der Waals surface area (Å²) in [6.07, 6.45) is -2.78. The molecular weight excluding hydrogens is 447 g/mol. The lowest BCUT2D eigenvalue weighted by Crippen LogP contribution is -2.35. The smallest absolute Gasteiger partial charge is 0.417 e. The highest BCUT2D eigenvalue weighted by Gasteiger charge is 2.33. The molecule has 3 rings (SSSR count). The molecular formula is C22H19ClF3N3O3. The van der Waals surface area contributed by atoms with Crippen molar-refractivity contribution in [2.45, 2.75) is 19.0 Å². The Hall–Kier alpha value is -3.33. The van der Waals surface area contributed by atoms with Gasteiger partial charge in [0, 0.05) is 31.1 Å². The van der Waals surface area contributed by atoms with Crippen LogP contribution in [0.3, 0.4) is 0 Å². The summed E-state index contributed by atoms with van der Waals surface area (Å²) in [5.41, 5.74) is -0.259. The predicted molar refractivity (Wildman–Crippen MR) is 113 cm³/mol. The molecule has 0 aliphatic rings. The van der Waals surface area contributed by atoms with Crippen molar-refractivity contribution in [3.63, 3.8) is 0 Å². The zero-order chi connectivity index (χ0) is 23.3. The van der Waals surface area contributed by atoms with Crippen molar-refractivity contribution in [1.29, 1.82) is 0 Å². The zero-order valence-corrected chi connectivity index (χ0v) is 17.7. The van der Waals surface area contributed by atoms with E-state index in [1.807, 2.05) is 30.3 Å². The fourth-order valence-electron chi connectivity index (χ4n) is 2.89. The Morgan fingerprint density at radius 2 is 1.88 bits per heavy atom. The highest BCUT2D eigenvalue weighted by molar-refractivity contribution is 6.31. The summed E-state index contributed by atoms with van der Waals surface area (Å²) in [4.78, 5) is 29.8. The summed E-state index contributed by atoms with van der Waals surface area (Å²) >= 11 is 5.57. The number of aryl methyl sites for hydroxylation is 1. The van der Waals surface area contributed by atoms with Crippen LogP contribution in [0.4, 0.5) is 18.9 Å². The van der Waals surface area contributed by atoms with Gasteiger partial charge in [-0.1, -0.05) is 41.9 Å². The van der Waals surface area contributed by atoms with Crippen molar-refractivity contribution in [2.75, 3.05) is 18.9 Å². The van der Waals surface area contributed by atoms with Crippen LogP contribution < -0.4 is 5.32 Å². The van der Waals surface area contributed by atoms with Crippen LogP contribution in [-0.4, -0.2) is 35.3 Å². The third kappa shape index (κ3) is 6.10. The molecule has 1 N–H and O–H groups in total. The number of carbonyl (C=O) groups is 2. The minimum atomic E-state index is -4.65. The second-order valence-corrected chi connectivity index (χ2v) is 7.38. The molecule has 32 heavy (non-hydrogen) atoms. The average Bonchev–Trinajstić information content (AvgIpc) is 3.22. The normalized spacial score (nSPS) is 11.3. The van der Waals surface area contributed by atoms with Crippen LogP contribution >= 0.6 is 11.6 Å². The van der Waals surface area contributed by atoms with Crippen molar-refractivity contribution in [2.24, 2.45) is 0 Å². The van der Waals surface area contributed by atoms with Gasteiger partial charge in [0.1, 0.15) is 0 Å². The molecule has 0 spiro atoms. The van der Waals surface area contributed by atoms with Crippen molar-refractivity contribution in [1.82, 2.24) is 9.88 Å². The van der Waals surface area contributed by atoms with E-state index in [-0.39, 0.29) is 31.0 Å². The number of nitrogens with zero attached hydrogens (tertiary/aromatic N) is 2. The fourth-order valence-corrected chi connectivity index (χ4v) is 3.12. The first-order valence-corrected chi connectivity index (χ1v) is 9.92. The second-order valence-electron chi connectivity index (χ2n) is 6.97. The van der Waals surface area contributed by atoms with Crippen LogP contribution in [0.2, 0.25) is 5.02 Å². The van der Waals surface area contributed by atoms with Crippen molar-refractivity contribution >= 4 is 29.1 Å². The van der Waals surface area contributed by atoms with Gasteiger partial charge in [-0.3, -0.25) is 9.59 Å². The lowest BCUT2D eigenvalue weighted by atomic mass is 10.2. The van der Waals surface area contributed by atoms with E-state index in [1.54, 1.807) is 6.20 Å². The Morgan fingerprint density at radius 1 is 1.16 bits per heavy atom. The molecule has 0 radical (unpaired) electrons. The second kappa shape index (κ2) is 9.86. The molecule has 3 aromatic rings. The molecule has 0 atom stereocenters. The zero-order valence-electron chi connectivity index (χ0n) is 16.9. The van der Waals surface area contributed by atoms with Crippen LogP contribution in [0.25, 0.3) is 11.3 Å². The maximum Gasteiger partial charge on any atom is 0.417 e. The fraction of sp³-hybridized carbons (Fsp3) is 0.227. The van der Waals surface area contributed by atoms with Crippen LogP contribution in [0.1, 0.15) is 17.9 Å². The number of anilines is 1. The number of alkyl halides is 3. The lowest BCUT2D eigenvalue weighted by molar-refractivity contribution is -0.137.